The monoisotopic (exact) mass is 187 g/mol. The van der Waals surface area contributed by atoms with Crippen molar-refractivity contribution in [1.82, 2.24) is 4.98 Å². The van der Waals surface area contributed by atoms with E-state index < -0.39 is 5.91 Å². The maximum absolute atomic E-state index is 11.0. The highest BCUT2D eigenvalue weighted by Crippen LogP contribution is 2.19. The molecule has 0 unspecified atom stereocenters. The Morgan fingerprint density at radius 3 is 2.79 bits per heavy atom. The van der Waals surface area contributed by atoms with E-state index in [9.17, 15) is 4.79 Å². The average Bonchev–Trinajstić information content (AvgIpc) is 2.16. The van der Waals surface area contributed by atoms with E-state index >= 15 is 0 Å². The minimum atomic E-state index is -0.527. The van der Waals surface area contributed by atoms with Crippen LogP contribution in [0.15, 0.2) is 30.5 Å². The van der Waals surface area contributed by atoms with Crippen LogP contribution in [0.25, 0.3) is 10.8 Å². The van der Waals surface area contributed by atoms with E-state index in [1.54, 1.807) is 30.5 Å². The summed E-state index contributed by atoms with van der Waals surface area (Å²) in [7, 11) is 0. The Bertz CT molecular complexity index is 508. The van der Waals surface area contributed by atoms with Crippen molar-refractivity contribution in [1.29, 1.82) is 0 Å². The van der Waals surface area contributed by atoms with E-state index in [2.05, 4.69) is 4.98 Å². The molecule has 1 aromatic heterocycles. The lowest BCUT2D eigenvalue weighted by Gasteiger charge is -2.02. The minimum Gasteiger partial charge on any atom is -0.399 e. The van der Waals surface area contributed by atoms with E-state index in [0.717, 1.165) is 10.8 Å². The first-order valence-electron chi connectivity index (χ1n) is 4.12. The Morgan fingerprint density at radius 2 is 2.07 bits per heavy atom. The molecular weight excluding hydrogens is 178 g/mol. The molecule has 1 heterocycles. The Hall–Kier alpha value is -2.10. The Kier molecular flexibility index (Phi) is 1.81. The molecule has 4 heteroatoms. The Balaban J connectivity index is 2.81. The van der Waals surface area contributed by atoms with E-state index in [4.69, 9.17) is 11.5 Å². The fraction of sp³-hybridized carbons (Fsp3) is 0. The number of hydrogen-bond donors (Lipinski definition) is 2. The van der Waals surface area contributed by atoms with Crippen molar-refractivity contribution in [2.75, 3.05) is 5.73 Å². The average molecular weight is 187 g/mol. The van der Waals surface area contributed by atoms with Crippen LogP contribution in [0.3, 0.4) is 0 Å². The molecule has 0 fully saturated rings. The van der Waals surface area contributed by atoms with Crippen molar-refractivity contribution in [3.05, 3.63) is 36.2 Å². The fourth-order valence-corrected chi connectivity index (χ4v) is 1.39. The minimum absolute atomic E-state index is 0.280. The number of carbonyl (C=O) groups is 1. The van der Waals surface area contributed by atoms with Gasteiger partial charge in [-0.25, -0.2) is 0 Å². The van der Waals surface area contributed by atoms with Crippen molar-refractivity contribution < 1.29 is 4.79 Å². The number of nitrogens with two attached hydrogens (primary N) is 2. The summed E-state index contributed by atoms with van der Waals surface area (Å²) in [4.78, 5) is 14.9. The summed E-state index contributed by atoms with van der Waals surface area (Å²) in [5.74, 6) is -0.527. The molecule has 4 nitrogen and oxygen atoms in total. The number of hydrogen-bond acceptors (Lipinski definition) is 3. The maximum Gasteiger partial charge on any atom is 0.267 e. The highest BCUT2D eigenvalue weighted by molar-refractivity contribution is 6.04. The second kappa shape index (κ2) is 2.99. The van der Waals surface area contributed by atoms with Gasteiger partial charge in [0.05, 0.1) is 0 Å². The number of amides is 1. The predicted molar refractivity (Wildman–Crippen MR) is 54.7 cm³/mol. The van der Waals surface area contributed by atoms with Crippen LogP contribution >= 0.6 is 0 Å². The molecule has 14 heavy (non-hydrogen) atoms. The number of fused-ring (bicyclic) bond motifs is 1. The molecule has 2 aromatic rings. The highest BCUT2D eigenvalue weighted by atomic mass is 16.1. The van der Waals surface area contributed by atoms with Crippen molar-refractivity contribution in [2.24, 2.45) is 5.73 Å². The third-order valence-corrected chi connectivity index (χ3v) is 2.02. The smallest absolute Gasteiger partial charge is 0.267 e. The quantitative estimate of drug-likeness (QED) is 0.651. The largest absolute Gasteiger partial charge is 0.399 e. The summed E-state index contributed by atoms with van der Waals surface area (Å²) in [5, 5.41) is 1.60. The number of pyridine rings is 1. The summed E-state index contributed by atoms with van der Waals surface area (Å²) in [6, 6.07) is 7.04. The van der Waals surface area contributed by atoms with Gasteiger partial charge in [-0.1, -0.05) is 0 Å². The summed E-state index contributed by atoms with van der Waals surface area (Å²) in [5.41, 5.74) is 11.7. The van der Waals surface area contributed by atoms with Gasteiger partial charge in [-0.15, -0.1) is 0 Å². The molecule has 1 aromatic carbocycles. The molecule has 0 bridgehead atoms. The second-order valence-electron chi connectivity index (χ2n) is 3.00. The standard InChI is InChI=1S/C10H9N3O/c11-7-1-2-8-6(5-7)3-4-13-9(8)10(12)14/h1-5H,11H2,(H2,12,14). The van der Waals surface area contributed by atoms with Crippen LogP contribution in [0.1, 0.15) is 10.5 Å². The van der Waals surface area contributed by atoms with Gasteiger partial charge in [0.2, 0.25) is 0 Å². The van der Waals surface area contributed by atoms with Crippen LogP contribution in [0.4, 0.5) is 5.69 Å². The van der Waals surface area contributed by atoms with Crippen LogP contribution in [-0.4, -0.2) is 10.9 Å². The lowest BCUT2D eigenvalue weighted by molar-refractivity contribution is 0.0997. The molecule has 0 spiro atoms. The topological polar surface area (TPSA) is 82.0 Å². The molecule has 0 radical (unpaired) electrons. The highest BCUT2D eigenvalue weighted by Gasteiger charge is 2.06. The lowest BCUT2D eigenvalue weighted by atomic mass is 10.1. The molecule has 70 valence electrons. The van der Waals surface area contributed by atoms with E-state index in [1.807, 2.05) is 0 Å². The SMILES string of the molecule is NC(=O)c1nccc2cc(N)ccc12. The van der Waals surface area contributed by atoms with Crippen LogP contribution in [-0.2, 0) is 0 Å². The third kappa shape index (κ3) is 1.26. The normalized spacial score (nSPS) is 10.3. The first-order chi connectivity index (χ1) is 6.68. The summed E-state index contributed by atoms with van der Waals surface area (Å²) < 4.78 is 0. The molecule has 0 aliphatic heterocycles. The molecule has 0 aliphatic rings. The summed E-state index contributed by atoms with van der Waals surface area (Å²) >= 11 is 0. The van der Waals surface area contributed by atoms with Gasteiger partial charge < -0.3 is 11.5 Å². The molecule has 0 saturated carbocycles. The van der Waals surface area contributed by atoms with Gasteiger partial charge in [-0.3, -0.25) is 9.78 Å². The van der Waals surface area contributed by atoms with E-state index in [0.29, 0.717) is 5.69 Å². The number of rotatable bonds is 1. The first-order valence-corrected chi connectivity index (χ1v) is 4.12. The number of primary amides is 1. The number of nitrogen functional groups attached to an aromatic ring is 1. The van der Waals surface area contributed by atoms with Crippen molar-refractivity contribution >= 4 is 22.4 Å². The fourth-order valence-electron chi connectivity index (χ4n) is 1.39. The van der Waals surface area contributed by atoms with Crippen molar-refractivity contribution in [3.8, 4) is 0 Å². The number of aromatic nitrogens is 1. The molecule has 0 aliphatic carbocycles. The summed E-state index contributed by atoms with van der Waals surface area (Å²) in [6.07, 6.45) is 1.54. The van der Waals surface area contributed by atoms with Crippen LogP contribution in [0.2, 0.25) is 0 Å². The summed E-state index contributed by atoms with van der Waals surface area (Å²) in [6.45, 7) is 0. The number of benzene rings is 1. The molecular formula is C10H9N3O. The van der Waals surface area contributed by atoms with Gasteiger partial charge in [-0.05, 0) is 29.7 Å². The van der Waals surface area contributed by atoms with Crippen molar-refractivity contribution in [2.45, 2.75) is 0 Å². The van der Waals surface area contributed by atoms with Gasteiger partial charge in [0, 0.05) is 17.3 Å². The predicted octanol–water partition coefficient (Wildman–Crippen LogP) is 0.916. The van der Waals surface area contributed by atoms with Gasteiger partial charge in [-0.2, -0.15) is 0 Å². The first kappa shape index (κ1) is 8.50. The van der Waals surface area contributed by atoms with E-state index in [-0.39, 0.29) is 5.69 Å². The Morgan fingerprint density at radius 1 is 1.29 bits per heavy atom. The van der Waals surface area contributed by atoms with Crippen molar-refractivity contribution in [3.63, 3.8) is 0 Å². The zero-order valence-electron chi connectivity index (χ0n) is 7.40. The van der Waals surface area contributed by atoms with Gasteiger partial charge in [0.15, 0.2) is 0 Å². The van der Waals surface area contributed by atoms with Crippen LogP contribution in [0, 0.1) is 0 Å². The van der Waals surface area contributed by atoms with E-state index in [1.165, 1.54) is 0 Å². The second-order valence-corrected chi connectivity index (χ2v) is 3.00. The number of anilines is 1. The molecule has 0 saturated heterocycles. The maximum atomic E-state index is 11.0. The third-order valence-electron chi connectivity index (χ3n) is 2.02. The molecule has 0 atom stereocenters. The molecule has 1 amide bonds. The zero-order valence-corrected chi connectivity index (χ0v) is 7.40. The lowest BCUT2D eigenvalue weighted by Crippen LogP contribution is -2.13. The number of carbonyl (C=O) groups excluding carboxylic acids is 1. The van der Waals surface area contributed by atoms with Gasteiger partial charge in [0.1, 0.15) is 5.69 Å². The molecule has 4 N–H and O–H groups in total. The van der Waals surface area contributed by atoms with Crippen LogP contribution in [0.5, 0.6) is 0 Å². The number of nitrogens with zero attached hydrogens (tertiary/aromatic N) is 1. The Labute approximate surface area is 80.5 Å². The molecule has 2 rings (SSSR count). The van der Waals surface area contributed by atoms with Gasteiger partial charge in [0.25, 0.3) is 5.91 Å². The van der Waals surface area contributed by atoms with Crippen LogP contribution < -0.4 is 11.5 Å². The van der Waals surface area contributed by atoms with Gasteiger partial charge >= 0.3 is 0 Å². The zero-order chi connectivity index (χ0) is 10.1.